The highest BCUT2D eigenvalue weighted by Crippen LogP contribution is 2.34. The molecule has 0 bridgehead atoms. The summed E-state index contributed by atoms with van der Waals surface area (Å²) in [6.45, 7) is 3.16. The Morgan fingerprint density at radius 3 is 2.47 bits per heavy atom. The normalized spacial score (nSPS) is 11.1. The molecule has 0 atom stereocenters. The third-order valence-electron chi connectivity index (χ3n) is 2.66. The fourth-order valence-electron chi connectivity index (χ4n) is 1.40. The first-order valence-electron chi connectivity index (χ1n) is 4.91. The molecule has 92 valence electrons. The number of carboxylic acid groups (broad SMARTS) is 1. The van der Waals surface area contributed by atoms with Gasteiger partial charge in [-0.3, -0.25) is 9.59 Å². The van der Waals surface area contributed by atoms with Gasteiger partial charge >= 0.3 is 5.97 Å². The molecule has 0 aliphatic heterocycles. The largest absolute Gasteiger partial charge is 0.495 e. The smallest absolute Gasteiger partial charge is 0.313 e. The average molecular weight is 301 g/mol. The number of benzene rings is 1. The van der Waals surface area contributed by atoms with Gasteiger partial charge in [-0.15, -0.1) is 0 Å². The summed E-state index contributed by atoms with van der Waals surface area (Å²) in [6.07, 6.45) is 0.644. The molecular weight excluding hydrogens is 288 g/mol. The SMILES string of the molecule is COc1c(Br)cc(C(C)(C)C(=O)O)cc1C=O. The van der Waals surface area contributed by atoms with Gasteiger partial charge in [-0.2, -0.15) is 0 Å². The number of aldehydes is 1. The fraction of sp³-hybridized carbons (Fsp3) is 0.333. The van der Waals surface area contributed by atoms with E-state index in [-0.39, 0.29) is 0 Å². The van der Waals surface area contributed by atoms with Crippen LogP contribution in [0.3, 0.4) is 0 Å². The molecule has 0 saturated carbocycles. The lowest BCUT2D eigenvalue weighted by Gasteiger charge is -2.21. The first kappa shape index (κ1) is 13.7. The molecule has 5 heteroatoms. The number of hydrogen-bond acceptors (Lipinski definition) is 3. The Morgan fingerprint density at radius 1 is 1.47 bits per heavy atom. The molecule has 0 aliphatic carbocycles. The van der Waals surface area contributed by atoms with E-state index in [1.165, 1.54) is 13.2 Å². The zero-order valence-corrected chi connectivity index (χ0v) is 11.4. The Kier molecular flexibility index (Phi) is 3.93. The van der Waals surface area contributed by atoms with E-state index in [1.54, 1.807) is 19.9 Å². The summed E-state index contributed by atoms with van der Waals surface area (Å²) in [4.78, 5) is 22.1. The third kappa shape index (κ3) is 2.49. The van der Waals surface area contributed by atoms with Crippen LogP contribution in [0.1, 0.15) is 29.8 Å². The number of halogens is 1. The van der Waals surface area contributed by atoms with Gasteiger partial charge in [0.2, 0.25) is 0 Å². The van der Waals surface area contributed by atoms with E-state index in [9.17, 15) is 9.59 Å². The summed E-state index contributed by atoms with van der Waals surface area (Å²) in [5.74, 6) is -0.545. The maximum Gasteiger partial charge on any atom is 0.313 e. The predicted molar refractivity (Wildman–Crippen MR) is 66.7 cm³/mol. The van der Waals surface area contributed by atoms with Crippen molar-refractivity contribution in [1.29, 1.82) is 0 Å². The molecule has 0 unspecified atom stereocenters. The number of ether oxygens (including phenoxy) is 1. The Balaban J connectivity index is 3.44. The molecule has 1 N–H and O–H groups in total. The molecule has 0 amide bonds. The molecule has 4 nitrogen and oxygen atoms in total. The molecule has 0 saturated heterocycles. The first-order valence-corrected chi connectivity index (χ1v) is 5.70. The van der Waals surface area contributed by atoms with Crippen molar-refractivity contribution in [2.45, 2.75) is 19.3 Å². The summed E-state index contributed by atoms with van der Waals surface area (Å²) in [7, 11) is 1.45. The number of carboxylic acids is 1. The molecule has 0 radical (unpaired) electrons. The Labute approximate surface area is 108 Å². The molecule has 1 rings (SSSR count). The number of methoxy groups -OCH3 is 1. The number of aliphatic carboxylic acids is 1. The first-order chi connectivity index (χ1) is 7.84. The van der Waals surface area contributed by atoms with Gasteiger partial charge in [0.1, 0.15) is 5.75 Å². The second kappa shape index (κ2) is 4.87. The lowest BCUT2D eigenvalue weighted by Crippen LogP contribution is -2.28. The molecular formula is C12H13BrO4. The van der Waals surface area contributed by atoms with Crippen molar-refractivity contribution in [3.8, 4) is 5.75 Å². The van der Waals surface area contributed by atoms with Gasteiger partial charge in [0.15, 0.2) is 6.29 Å². The van der Waals surface area contributed by atoms with Gasteiger partial charge in [0.25, 0.3) is 0 Å². The summed E-state index contributed by atoms with van der Waals surface area (Å²) in [5.41, 5.74) is -0.196. The highest BCUT2D eigenvalue weighted by Gasteiger charge is 2.30. The van der Waals surface area contributed by atoms with E-state index < -0.39 is 11.4 Å². The van der Waals surface area contributed by atoms with Crippen LogP contribution in [0.15, 0.2) is 16.6 Å². The molecule has 0 aromatic heterocycles. The van der Waals surface area contributed by atoms with Crippen LogP contribution in [-0.2, 0) is 10.2 Å². The van der Waals surface area contributed by atoms with Crippen LogP contribution in [0, 0.1) is 0 Å². The predicted octanol–water partition coefficient (Wildman–Crippen LogP) is 2.63. The highest BCUT2D eigenvalue weighted by molar-refractivity contribution is 9.10. The maximum atomic E-state index is 11.2. The van der Waals surface area contributed by atoms with Crippen LogP contribution >= 0.6 is 15.9 Å². The van der Waals surface area contributed by atoms with Gasteiger partial charge in [0.05, 0.1) is 22.6 Å². The molecule has 1 aromatic rings. The van der Waals surface area contributed by atoms with E-state index in [4.69, 9.17) is 9.84 Å². The molecule has 0 heterocycles. The van der Waals surface area contributed by atoms with Crippen LogP contribution in [0.2, 0.25) is 0 Å². The second-order valence-electron chi connectivity index (χ2n) is 4.13. The lowest BCUT2D eigenvalue weighted by atomic mass is 9.84. The minimum Gasteiger partial charge on any atom is -0.495 e. The molecule has 17 heavy (non-hydrogen) atoms. The van der Waals surface area contributed by atoms with E-state index in [0.717, 1.165) is 0 Å². The number of rotatable bonds is 4. The average Bonchev–Trinajstić information content (AvgIpc) is 2.27. The third-order valence-corrected chi connectivity index (χ3v) is 3.25. The van der Waals surface area contributed by atoms with Crippen molar-refractivity contribution in [3.05, 3.63) is 27.7 Å². The number of carbonyl (C=O) groups excluding carboxylic acids is 1. The van der Waals surface area contributed by atoms with Crippen molar-refractivity contribution in [2.75, 3.05) is 7.11 Å². The second-order valence-corrected chi connectivity index (χ2v) is 4.98. The van der Waals surface area contributed by atoms with Crippen LogP contribution in [0.25, 0.3) is 0 Å². The van der Waals surface area contributed by atoms with E-state index >= 15 is 0 Å². The zero-order valence-electron chi connectivity index (χ0n) is 9.78. The minimum absolute atomic E-state index is 0.325. The fourth-order valence-corrected chi connectivity index (χ4v) is 2.04. The van der Waals surface area contributed by atoms with E-state index in [0.29, 0.717) is 27.6 Å². The molecule has 1 aromatic carbocycles. The highest BCUT2D eigenvalue weighted by atomic mass is 79.9. The Hall–Kier alpha value is -1.36. The Morgan fingerprint density at radius 2 is 2.06 bits per heavy atom. The van der Waals surface area contributed by atoms with Crippen LogP contribution in [0.4, 0.5) is 0 Å². The van der Waals surface area contributed by atoms with Gasteiger partial charge in [-0.05, 0) is 47.5 Å². The summed E-state index contributed by atoms with van der Waals surface area (Å²) < 4.78 is 5.63. The summed E-state index contributed by atoms with van der Waals surface area (Å²) >= 11 is 3.26. The van der Waals surface area contributed by atoms with Crippen LogP contribution < -0.4 is 4.74 Å². The van der Waals surface area contributed by atoms with Gasteiger partial charge in [-0.1, -0.05) is 0 Å². The maximum absolute atomic E-state index is 11.2. The van der Waals surface area contributed by atoms with Gasteiger partial charge in [0, 0.05) is 0 Å². The number of carbonyl (C=O) groups is 2. The van der Waals surface area contributed by atoms with Crippen molar-refractivity contribution < 1.29 is 19.4 Å². The molecule has 0 fully saturated rings. The van der Waals surface area contributed by atoms with Crippen molar-refractivity contribution >= 4 is 28.2 Å². The van der Waals surface area contributed by atoms with Crippen molar-refractivity contribution in [3.63, 3.8) is 0 Å². The van der Waals surface area contributed by atoms with Crippen LogP contribution in [0.5, 0.6) is 5.75 Å². The monoisotopic (exact) mass is 300 g/mol. The molecule has 0 spiro atoms. The standard InChI is InChI=1S/C12H13BrO4/c1-12(2,11(15)16)8-4-7(6-14)10(17-3)9(13)5-8/h4-6H,1-3H3,(H,15,16). The summed E-state index contributed by atoms with van der Waals surface area (Å²) in [5, 5.41) is 9.14. The Bertz CT molecular complexity index is 466. The van der Waals surface area contributed by atoms with Crippen molar-refractivity contribution in [2.24, 2.45) is 0 Å². The minimum atomic E-state index is -1.06. The van der Waals surface area contributed by atoms with E-state index in [1.807, 2.05) is 0 Å². The van der Waals surface area contributed by atoms with E-state index in [2.05, 4.69) is 15.9 Å². The quantitative estimate of drug-likeness (QED) is 0.868. The molecule has 0 aliphatic rings. The lowest BCUT2D eigenvalue weighted by molar-refractivity contribution is -0.142. The van der Waals surface area contributed by atoms with Crippen molar-refractivity contribution in [1.82, 2.24) is 0 Å². The summed E-state index contributed by atoms with van der Waals surface area (Å²) in [6, 6.07) is 3.19. The topological polar surface area (TPSA) is 63.6 Å². The zero-order chi connectivity index (χ0) is 13.2. The number of hydrogen-bond donors (Lipinski definition) is 1. The van der Waals surface area contributed by atoms with Gasteiger partial charge < -0.3 is 9.84 Å². The van der Waals surface area contributed by atoms with Crippen LogP contribution in [-0.4, -0.2) is 24.5 Å². The van der Waals surface area contributed by atoms with Gasteiger partial charge in [-0.25, -0.2) is 0 Å².